The maximum Gasteiger partial charge on any atom is 0.252 e. The summed E-state index contributed by atoms with van der Waals surface area (Å²) >= 11 is 5.80. The highest BCUT2D eigenvalue weighted by atomic mass is 35.5. The van der Waals surface area contributed by atoms with Crippen LogP contribution in [0.5, 0.6) is 11.5 Å². The number of phenols is 2. The largest absolute Gasteiger partial charge is 0.504 e. The van der Waals surface area contributed by atoms with E-state index in [0.29, 0.717) is 6.54 Å². The molecule has 0 heterocycles. The molecule has 2 unspecified atom stereocenters. The summed E-state index contributed by atoms with van der Waals surface area (Å²) in [5.74, 6) is -0.991. The molecule has 1 aromatic carbocycles. The van der Waals surface area contributed by atoms with Gasteiger partial charge in [0.25, 0.3) is 5.91 Å². The number of rotatable bonds is 5. The second kappa shape index (κ2) is 6.63. The van der Waals surface area contributed by atoms with Gasteiger partial charge in [-0.25, -0.2) is 0 Å². The molecule has 19 heavy (non-hydrogen) atoms. The highest BCUT2D eigenvalue weighted by molar-refractivity contribution is 6.35. The Morgan fingerprint density at radius 2 is 2.05 bits per heavy atom. The van der Waals surface area contributed by atoms with Crippen molar-refractivity contribution in [2.45, 2.75) is 26.3 Å². The average molecular weight is 287 g/mol. The van der Waals surface area contributed by atoms with Gasteiger partial charge >= 0.3 is 0 Å². The van der Waals surface area contributed by atoms with Gasteiger partial charge in [-0.3, -0.25) is 4.79 Å². The standard InChI is InChI=1S/C13H19ClN2O3/c1-7(5-8(2)15)6-16-13(19)9-3-4-10(17)12(18)11(9)14/h3-4,7-8,17-18H,5-6,15H2,1-2H3,(H,16,19). The number of nitrogens with one attached hydrogen (secondary N) is 1. The fourth-order valence-electron chi connectivity index (χ4n) is 1.81. The molecule has 6 heteroatoms. The molecule has 1 aromatic rings. The van der Waals surface area contributed by atoms with Gasteiger partial charge in [-0.1, -0.05) is 18.5 Å². The van der Waals surface area contributed by atoms with Gasteiger partial charge < -0.3 is 21.3 Å². The van der Waals surface area contributed by atoms with E-state index in [0.717, 1.165) is 6.42 Å². The van der Waals surface area contributed by atoms with Crippen LogP contribution in [0.1, 0.15) is 30.6 Å². The summed E-state index contributed by atoms with van der Waals surface area (Å²) in [6.07, 6.45) is 0.800. The first-order chi connectivity index (χ1) is 8.82. The summed E-state index contributed by atoms with van der Waals surface area (Å²) in [5, 5.41) is 21.3. The molecule has 0 aromatic heterocycles. The third-order valence-corrected chi connectivity index (χ3v) is 3.11. The molecule has 5 nitrogen and oxygen atoms in total. The Hall–Kier alpha value is -1.46. The Labute approximate surface area is 117 Å². The van der Waals surface area contributed by atoms with E-state index >= 15 is 0 Å². The molecule has 0 spiro atoms. The zero-order chi connectivity index (χ0) is 14.6. The van der Waals surface area contributed by atoms with Crippen molar-refractivity contribution < 1.29 is 15.0 Å². The Balaban J connectivity index is 2.67. The maximum absolute atomic E-state index is 11.9. The molecule has 1 amide bonds. The lowest BCUT2D eigenvalue weighted by Crippen LogP contribution is -2.31. The van der Waals surface area contributed by atoms with Crippen molar-refractivity contribution in [1.29, 1.82) is 0 Å². The number of halogens is 1. The minimum Gasteiger partial charge on any atom is -0.504 e. The number of aromatic hydroxyl groups is 2. The Bertz CT molecular complexity index is 463. The molecule has 5 N–H and O–H groups in total. The molecule has 0 saturated carbocycles. The number of hydrogen-bond acceptors (Lipinski definition) is 4. The number of carbonyl (C=O) groups is 1. The van der Waals surface area contributed by atoms with E-state index in [-0.39, 0.29) is 28.3 Å². The third kappa shape index (κ3) is 4.29. The van der Waals surface area contributed by atoms with E-state index < -0.39 is 11.7 Å². The van der Waals surface area contributed by atoms with Gasteiger partial charge in [0, 0.05) is 12.6 Å². The van der Waals surface area contributed by atoms with Crippen LogP contribution in [0.4, 0.5) is 0 Å². The van der Waals surface area contributed by atoms with Crippen LogP contribution < -0.4 is 11.1 Å². The van der Waals surface area contributed by atoms with Crippen LogP contribution in [0.2, 0.25) is 5.02 Å². The highest BCUT2D eigenvalue weighted by Crippen LogP contribution is 2.35. The molecule has 0 saturated heterocycles. The molecule has 0 bridgehead atoms. The minimum absolute atomic E-state index is 0.0770. The van der Waals surface area contributed by atoms with Crippen molar-refractivity contribution in [3.8, 4) is 11.5 Å². The van der Waals surface area contributed by atoms with E-state index in [1.807, 2.05) is 13.8 Å². The van der Waals surface area contributed by atoms with Crippen molar-refractivity contribution in [3.63, 3.8) is 0 Å². The van der Waals surface area contributed by atoms with Crippen molar-refractivity contribution in [3.05, 3.63) is 22.7 Å². The zero-order valence-corrected chi connectivity index (χ0v) is 11.7. The van der Waals surface area contributed by atoms with Crippen LogP contribution in [0.3, 0.4) is 0 Å². The van der Waals surface area contributed by atoms with Crippen LogP contribution in [0, 0.1) is 5.92 Å². The predicted molar refractivity (Wildman–Crippen MR) is 74.5 cm³/mol. The molecule has 2 atom stereocenters. The SMILES string of the molecule is CC(N)CC(C)CNC(=O)c1ccc(O)c(O)c1Cl. The van der Waals surface area contributed by atoms with Crippen LogP contribution in [-0.4, -0.2) is 28.7 Å². The Morgan fingerprint density at radius 1 is 1.42 bits per heavy atom. The van der Waals surface area contributed by atoms with Gasteiger partial charge in [-0.15, -0.1) is 0 Å². The van der Waals surface area contributed by atoms with Crippen molar-refractivity contribution in [2.24, 2.45) is 11.7 Å². The smallest absolute Gasteiger partial charge is 0.252 e. The first kappa shape index (κ1) is 15.6. The van der Waals surface area contributed by atoms with Crippen LogP contribution >= 0.6 is 11.6 Å². The normalized spacial score (nSPS) is 13.9. The van der Waals surface area contributed by atoms with Gasteiger partial charge in [-0.05, 0) is 31.4 Å². The van der Waals surface area contributed by atoms with E-state index in [2.05, 4.69) is 5.32 Å². The van der Waals surface area contributed by atoms with E-state index in [1.165, 1.54) is 12.1 Å². The van der Waals surface area contributed by atoms with Gasteiger partial charge in [-0.2, -0.15) is 0 Å². The summed E-state index contributed by atoms with van der Waals surface area (Å²) in [4.78, 5) is 11.9. The third-order valence-electron chi connectivity index (χ3n) is 2.72. The van der Waals surface area contributed by atoms with Crippen LogP contribution in [-0.2, 0) is 0 Å². The first-order valence-corrected chi connectivity index (χ1v) is 6.45. The molecular weight excluding hydrogens is 268 g/mol. The van der Waals surface area contributed by atoms with Gasteiger partial charge in [0.15, 0.2) is 11.5 Å². The number of amides is 1. The molecule has 0 aliphatic carbocycles. The summed E-state index contributed by atoms with van der Waals surface area (Å²) in [5.41, 5.74) is 5.81. The van der Waals surface area contributed by atoms with Gasteiger partial charge in [0.05, 0.1) is 10.6 Å². The molecule has 1 rings (SSSR count). The fourth-order valence-corrected chi connectivity index (χ4v) is 2.06. The second-order valence-electron chi connectivity index (χ2n) is 4.82. The van der Waals surface area contributed by atoms with Crippen LogP contribution in [0.15, 0.2) is 12.1 Å². The average Bonchev–Trinajstić information content (AvgIpc) is 2.32. The summed E-state index contributed by atoms with van der Waals surface area (Å²) in [7, 11) is 0. The predicted octanol–water partition coefficient (Wildman–Crippen LogP) is 1.85. The van der Waals surface area contributed by atoms with Gasteiger partial charge in [0.2, 0.25) is 0 Å². The topological polar surface area (TPSA) is 95.6 Å². The number of carbonyl (C=O) groups excluding carboxylic acids is 1. The van der Waals surface area contributed by atoms with E-state index in [9.17, 15) is 15.0 Å². The summed E-state index contributed by atoms with van der Waals surface area (Å²) < 4.78 is 0. The molecule has 0 fully saturated rings. The number of nitrogens with two attached hydrogens (primary N) is 1. The summed E-state index contributed by atoms with van der Waals surface area (Å²) in [6, 6.07) is 2.66. The minimum atomic E-state index is -0.488. The lowest BCUT2D eigenvalue weighted by atomic mass is 10.0. The molecular formula is C13H19ClN2O3. The quantitative estimate of drug-likeness (QED) is 0.621. The zero-order valence-electron chi connectivity index (χ0n) is 11.0. The highest BCUT2D eigenvalue weighted by Gasteiger charge is 2.16. The number of hydrogen-bond donors (Lipinski definition) is 4. The fraction of sp³-hybridized carbons (Fsp3) is 0.462. The molecule has 106 valence electrons. The lowest BCUT2D eigenvalue weighted by Gasteiger charge is -2.15. The Kier molecular flexibility index (Phi) is 5.44. The number of benzene rings is 1. The lowest BCUT2D eigenvalue weighted by molar-refractivity contribution is 0.0946. The summed E-state index contributed by atoms with van der Waals surface area (Å²) in [6.45, 7) is 4.37. The monoisotopic (exact) mass is 286 g/mol. The van der Waals surface area contributed by atoms with Crippen molar-refractivity contribution >= 4 is 17.5 Å². The molecule has 0 aliphatic heterocycles. The maximum atomic E-state index is 11.9. The van der Waals surface area contributed by atoms with Gasteiger partial charge in [0.1, 0.15) is 0 Å². The number of phenolic OH excluding ortho intramolecular Hbond substituents is 2. The van der Waals surface area contributed by atoms with E-state index in [4.69, 9.17) is 17.3 Å². The first-order valence-electron chi connectivity index (χ1n) is 6.07. The van der Waals surface area contributed by atoms with Crippen molar-refractivity contribution in [1.82, 2.24) is 5.32 Å². The second-order valence-corrected chi connectivity index (χ2v) is 5.20. The molecule has 0 aliphatic rings. The van der Waals surface area contributed by atoms with E-state index in [1.54, 1.807) is 0 Å². The van der Waals surface area contributed by atoms with Crippen LogP contribution in [0.25, 0.3) is 0 Å². The van der Waals surface area contributed by atoms with Crippen molar-refractivity contribution in [2.75, 3.05) is 6.54 Å². The Morgan fingerprint density at radius 3 is 2.63 bits per heavy atom. The molecule has 0 radical (unpaired) electrons.